The van der Waals surface area contributed by atoms with Crippen LogP contribution in [0.2, 0.25) is 0 Å². The second kappa shape index (κ2) is 7.96. The number of aryl methyl sites for hydroxylation is 3. The van der Waals surface area contributed by atoms with Crippen LogP contribution < -0.4 is 10.0 Å². The van der Waals surface area contributed by atoms with Crippen LogP contribution in [0, 0.1) is 26.6 Å². The number of halogens is 1. The minimum atomic E-state index is -4.02. The maximum absolute atomic E-state index is 13.5. The molecule has 2 N–H and O–H groups in total. The summed E-state index contributed by atoms with van der Waals surface area (Å²) in [5.41, 5.74) is 4.34. The fourth-order valence-corrected chi connectivity index (χ4v) is 4.57. The highest BCUT2D eigenvalue weighted by Crippen LogP contribution is 2.29. The van der Waals surface area contributed by atoms with Crippen molar-refractivity contribution in [1.82, 2.24) is 9.97 Å². The molecule has 4 rings (SSSR count). The summed E-state index contributed by atoms with van der Waals surface area (Å²) < 4.78 is 42.1. The smallest absolute Gasteiger partial charge is 0.263 e. The number of aromatic nitrogens is 2. The van der Waals surface area contributed by atoms with Crippen molar-refractivity contribution >= 4 is 38.4 Å². The molecule has 158 valence electrons. The fourth-order valence-electron chi connectivity index (χ4n) is 3.34. The second-order valence-electron chi connectivity index (χ2n) is 7.37. The number of sulfonamides is 1. The van der Waals surface area contributed by atoms with E-state index in [4.69, 9.17) is 0 Å². The van der Waals surface area contributed by atoms with Crippen molar-refractivity contribution in [3.8, 4) is 0 Å². The van der Waals surface area contributed by atoms with Gasteiger partial charge in [-0.3, -0.25) is 4.72 Å². The first-order valence-corrected chi connectivity index (χ1v) is 11.1. The molecule has 0 aliphatic heterocycles. The topological polar surface area (TPSA) is 84.0 Å². The van der Waals surface area contributed by atoms with Crippen LogP contribution in [0.25, 0.3) is 11.0 Å². The summed E-state index contributed by atoms with van der Waals surface area (Å²) >= 11 is 0. The molecule has 0 saturated carbocycles. The van der Waals surface area contributed by atoms with Crippen LogP contribution in [0.1, 0.15) is 16.7 Å². The molecule has 1 heterocycles. The molecule has 31 heavy (non-hydrogen) atoms. The van der Waals surface area contributed by atoms with E-state index in [-0.39, 0.29) is 16.5 Å². The molecule has 0 spiro atoms. The van der Waals surface area contributed by atoms with Gasteiger partial charge in [-0.25, -0.2) is 22.8 Å². The molecule has 0 unspecified atom stereocenters. The lowest BCUT2D eigenvalue weighted by Crippen LogP contribution is -2.17. The second-order valence-corrected chi connectivity index (χ2v) is 9.02. The Kier molecular flexibility index (Phi) is 5.32. The van der Waals surface area contributed by atoms with E-state index in [9.17, 15) is 12.8 Å². The Morgan fingerprint density at radius 1 is 0.806 bits per heavy atom. The van der Waals surface area contributed by atoms with Gasteiger partial charge >= 0.3 is 0 Å². The van der Waals surface area contributed by atoms with Gasteiger partial charge in [-0.05, 0) is 68.3 Å². The van der Waals surface area contributed by atoms with Crippen molar-refractivity contribution < 1.29 is 12.8 Å². The highest BCUT2D eigenvalue weighted by molar-refractivity contribution is 7.92. The van der Waals surface area contributed by atoms with Crippen molar-refractivity contribution in [3.05, 3.63) is 83.2 Å². The largest absolute Gasteiger partial charge is 0.337 e. The fraction of sp³-hybridized carbons (Fsp3) is 0.130. The summed E-state index contributed by atoms with van der Waals surface area (Å²) in [6.07, 6.45) is 0. The van der Waals surface area contributed by atoms with E-state index in [1.807, 2.05) is 38.1 Å². The van der Waals surface area contributed by atoms with Crippen molar-refractivity contribution in [2.24, 2.45) is 0 Å². The summed E-state index contributed by atoms with van der Waals surface area (Å²) in [6.45, 7) is 5.49. The van der Waals surface area contributed by atoms with Crippen LogP contribution in [-0.4, -0.2) is 18.4 Å². The number of para-hydroxylation sites is 2. The lowest BCUT2D eigenvalue weighted by Gasteiger charge is -2.16. The Labute approximate surface area is 180 Å². The normalized spacial score (nSPS) is 11.5. The number of anilines is 3. The Balaban J connectivity index is 1.81. The van der Waals surface area contributed by atoms with Gasteiger partial charge < -0.3 is 5.32 Å². The average Bonchev–Trinajstić information content (AvgIpc) is 2.70. The first-order chi connectivity index (χ1) is 14.7. The number of nitrogens with zero attached hydrogens (tertiary/aromatic N) is 2. The minimum Gasteiger partial charge on any atom is -0.337 e. The van der Waals surface area contributed by atoms with Crippen LogP contribution >= 0.6 is 0 Å². The third-order valence-electron chi connectivity index (χ3n) is 4.86. The van der Waals surface area contributed by atoms with Gasteiger partial charge in [0.1, 0.15) is 5.82 Å². The minimum absolute atomic E-state index is 0.0266. The van der Waals surface area contributed by atoms with E-state index in [0.29, 0.717) is 16.6 Å². The lowest BCUT2D eigenvalue weighted by molar-refractivity contribution is 0.598. The Morgan fingerprint density at radius 3 is 2.13 bits per heavy atom. The van der Waals surface area contributed by atoms with Gasteiger partial charge in [-0.2, -0.15) is 0 Å². The first kappa shape index (κ1) is 20.7. The Hall–Kier alpha value is -3.52. The lowest BCUT2D eigenvalue weighted by atomic mass is 10.1. The molecule has 3 aromatic carbocycles. The van der Waals surface area contributed by atoms with Gasteiger partial charge in [0.15, 0.2) is 11.6 Å². The van der Waals surface area contributed by atoms with Crippen molar-refractivity contribution in [3.63, 3.8) is 0 Å². The highest BCUT2D eigenvalue weighted by atomic mass is 32.2. The summed E-state index contributed by atoms with van der Waals surface area (Å²) in [5.74, 6) is -0.171. The number of hydrogen-bond acceptors (Lipinski definition) is 5. The van der Waals surface area contributed by atoms with E-state index in [2.05, 4.69) is 20.0 Å². The summed E-state index contributed by atoms with van der Waals surface area (Å²) in [5, 5.41) is 3.20. The summed E-state index contributed by atoms with van der Waals surface area (Å²) in [7, 11) is -4.02. The average molecular weight is 437 g/mol. The van der Waals surface area contributed by atoms with E-state index in [1.165, 1.54) is 12.1 Å². The third-order valence-corrected chi connectivity index (χ3v) is 6.36. The molecule has 6 nitrogen and oxygen atoms in total. The van der Waals surface area contributed by atoms with Crippen LogP contribution in [0.15, 0.2) is 65.6 Å². The van der Waals surface area contributed by atoms with Gasteiger partial charge in [0.25, 0.3) is 10.0 Å². The van der Waals surface area contributed by atoms with Crippen molar-refractivity contribution in [2.75, 3.05) is 10.0 Å². The Morgan fingerprint density at radius 2 is 1.48 bits per heavy atom. The molecule has 0 bridgehead atoms. The maximum Gasteiger partial charge on any atom is 0.263 e. The molecule has 1 aromatic heterocycles. The van der Waals surface area contributed by atoms with E-state index < -0.39 is 15.8 Å². The highest BCUT2D eigenvalue weighted by Gasteiger charge is 2.21. The predicted molar refractivity (Wildman–Crippen MR) is 121 cm³/mol. The van der Waals surface area contributed by atoms with Crippen LogP contribution in [-0.2, 0) is 10.0 Å². The predicted octanol–water partition coefficient (Wildman–Crippen LogP) is 5.24. The van der Waals surface area contributed by atoms with Gasteiger partial charge in [-0.15, -0.1) is 0 Å². The van der Waals surface area contributed by atoms with Gasteiger partial charge in [-0.1, -0.05) is 29.8 Å². The standard InChI is InChI=1S/C23H21FN4O2S/c1-14-8-10-18(15(2)12-14)25-22-23(27-20-7-5-4-6-19(20)26-22)28-31(29,30)21-11-9-17(24)13-16(21)3/h4-13H,1-3H3,(H,25,26)(H,27,28). The van der Waals surface area contributed by atoms with Crippen LogP contribution in [0.5, 0.6) is 0 Å². The summed E-state index contributed by atoms with van der Waals surface area (Å²) in [6, 6.07) is 16.6. The van der Waals surface area contributed by atoms with Crippen molar-refractivity contribution in [2.45, 2.75) is 25.7 Å². The van der Waals surface area contributed by atoms with E-state index >= 15 is 0 Å². The SMILES string of the molecule is Cc1ccc(Nc2nc3ccccc3nc2NS(=O)(=O)c2ccc(F)cc2C)c(C)c1. The molecule has 0 aliphatic rings. The first-order valence-electron chi connectivity index (χ1n) is 9.63. The molecule has 0 saturated heterocycles. The molecule has 4 aromatic rings. The molecular weight excluding hydrogens is 415 g/mol. The van der Waals surface area contributed by atoms with Gasteiger partial charge in [0, 0.05) is 5.69 Å². The molecule has 0 fully saturated rings. The molecule has 0 amide bonds. The number of rotatable bonds is 5. The molecule has 0 radical (unpaired) electrons. The van der Waals surface area contributed by atoms with Crippen LogP contribution in [0.4, 0.5) is 21.7 Å². The molecule has 0 atom stereocenters. The summed E-state index contributed by atoms with van der Waals surface area (Å²) in [4.78, 5) is 9.05. The van der Waals surface area contributed by atoms with E-state index in [0.717, 1.165) is 22.9 Å². The van der Waals surface area contributed by atoms with Crippen LogP contribution in [0.3, 0.4) is 0 Å². The number of benzene rings is 3. The molecule has 0 aliphatic carbocycles. The number of fused-ring (bicyclic) bond motifs is 1. The van der Waals surface area contributed by atoms with Crippen molar-refractivity contribution in [1.29, 1.82) is 0 Å². The molecule has 8 heteroatoms. The third kappa shape index (κ3) is 4.34. The van der Waals surface area contributed by atoms with Gasteiger partial charge in [0.2, 0.25) is 0 Å². The monoisotopic (exact) mass is 436 g/mol. The van der Waals surface area contributed by atoms with Gasteiger partial charge in [0.05, 0.1) is 15.9 Å². The maximum atomic E-state index is 13.5. The number of hydrogen-bond donors (Lipinski definition) is 2. The number of nitrogens with one attached hydrogen (secondary N) is 2. The molecular formula is C23H21FN4O2S. The Bertz CT molecular complexity index is 1400. The zero-order valence-corrected chi connectivity index (χ0v) is 18.1. The zero-order valence-electron chi connectivity index (χ0n) is 17.3. The van der Waals surface area contributed by atoms with E-state index in [1.54, 1.807) is 25.1 Å². The zero-order chi connectivity index (χ0) is 22.2. The quantitative estimate of drug-likeness (QED) is 0.447.